The number of nitrogens with two attached hydrogens (primary N) is 1. The van der Waals surface area contributed by atoms with Crippen LogP contribution >= 0.6 is 24.0 Å². The molecule has 1 spiro atoms. The Kier molecular flexibility index (Phi) is 6.65. The summed E-state index contributed by atoms with van der Waals surface area (Å²) in [4.78, 5) is 3.86. The van der Waals surface area contributed by atoms with E-state index in [4.69, 9.17) is 15.2 Å². The van der Waals surface area contributed by atoms with Gasteiger partial charge in [-0.2, -0.15) is 0 Å². The fraction of sp³-hybridized carbons (Fsp3) is 0.917. The Hall–Kier alpha value is -0.0800. The summed E-state index contributed by atoms with van der Waals surface area (Å²) in [6, 6.07) is 0. The summed E-state index contributed by atoms with van der Waals surface area (Å²) >= 11 is 0. The van der Waals surface area contributed by atoms with E-state index < -0.39 is 0 Å². The molecule has 0 aromatic carbocycles. The first-order valence-corrected chi connectivity index (χ1v) is 6.52. The number of hydrogen-bond donors (Lipinski definition) is 2. The van der Waals surface area contributed by atoms with Gasteiger partial charge in [-0.25, -0.2) is 0 Å². The van der Waals surface area contributed by atoms with Gasteiger partial charge in [0, 0.05) is 26.4 Å². The summed E-state index contributed by atoms with van der Waals surface area (Å²) in [5.41, 5.74) is 5.59. The van der Waals surface area contributed by atoms with Crippen LogP contribution in [0.1, 0.15) is 38.5 Å². The van der Waals surface area contributed by atoms with Gasteiger partial charge in [0.25, 0.3) is 0 Å². The van der Waals surface area contributed by atoms with E-state index in [-0.39, 0.29) is 35.9 Å². The minimum Gasteiger partial charge on any atom is -0.370 e. The van der Waals surface area contributed by atoms with Gasteiger partial charge in [0.05, 0.1) is 6.61 Å². The number of aliphatic imine (C=N–C) groups is 1. The van der Waals surface area contributed by atoms with E-state index in [0.29, 0.717) is 19.1 Å². The molecule has 3 N–H and O–H groups in total. The lowest BCUT2D eigenvalue weighted by Gasteiger charge is -2.26. The number of nitrogens with one attached hydrogen (secondary N) is 1. The van der Waals surface area contributed by atoms with Crippen LogP contribution in [0, 0.1) is 0 Å². The van der Waals surface area contributed by atoms with Crippen molar-refractivity contribution in [3.05, 3.63) is 0 Å². The van der Waals surface area contributed by atoms with E-state index >= 15 is 0 Å². The van der Waals surface area contributed by atoms with Crippen LogP contribution in [0.4, 0.5) is 0 Å². The maximum Gasteiger partial charge on any atom is 0.188 e. The predicted octanol–water partition coefficient (Wildman–Crippen LogP) is 1.60. The Bertz CT molecular complexity index is 278. The molecule has 0 radical (unpaired) electrons. The van der Waals surface area contributed by atoms with Crippen molar-refractivity contribution in [3.8, 4) is 0 Å². The number of ether oxygens (including phenoxy) is 2. The highest BCUT2D eigenvalue weighted by atomic mass is 127. The zero-order valence-electron chi connectivity index (χ0n) is 11.0. The van der Waals surface area contributed by atoms with Crippen molar-refractivity contribution in [2.75, 3.05) is 20.2 Å². The average molecular weight is 369 g/mol. The smallest absolute Gasteiger partial charge is 0.188 e. The zero-order valence-corrected chi connectivity index (χ0v) is 13.3. The molecule has 5 nitrogen and oxygen atoms in total. The molecule has 2 fully saturated rings. The van der Waals surface area contributed by atoms with Gasteiger partial charge in [-0.1, -0.05) is 12.8 Å². The summed E-state index contributed by atoms with van der Waals surface area (Å²) < 4.78 is 12.0. The van der Waals surface area contributed by atoms with Gasteiger partial charge in [-0.15, -0.1) is 24.0 Å². The minimum absolute atomic E-state index is 0. The maximum absolute atomic E-state index is 6.07. The Morgan fingerprint density at radius 3 is 2.61 bits per heavy atom. The van der Waals surface area contributed by atoms with Gasteiger partial charge >= 0.3 is 0 Å². The van der Waals surface area contributed by atoms with E-state index in [1.165, 1.54) is 25.7 Å². The molecule has 2 rings (SSSR count). The number of halogens is 1. The van der Waals surface area contributed by atoms with Crippen LogP contribution in [0.25, 0.3) is 0 Å². The summed E-state index contributed by atoms with van der Waals surface area (Å²) in [6.07, 6.45) is 7.16. The summed E-state index contributed by atoms with van der Waals surface area (Å²) in [7, 11) is 1.67. The Morgan fingerprint density at radius 1 is 1.33 bits per heavy atom. The van der Waals surface area contributed by atoms with E-state index in [9.17, 15) is 0 Å². The monoisotopic (exact) mass is 369 g/mol. The number of hydrogen-bond acceptors (Lipinski definition) is 3. The molecule has 0 bridgehead atoms. The molecule has 18 heavy (non-hydrogen) atoms. The van der Waals surface area contributed by atoms with E-state index in [1.807, 2.05) is 0 Å². The first kappa shape index (κ1) is 16.0. The highest BCUT2D eigenvalue weighted by Crippen LogP contribution is 2.36. The minimum atomic E-state index is -0.305. The quantitative estimate of drug-likeness (QED) is 0.441. The summed E-state index contributed by atoms with van der Waals surface area (Å²) in [5.74, 6) is 0.149. The number of rotatable bonds is 2. The second-order valence-corrected chi connectivity index (χ2v) is 4.87. The van der Waals surface area contributed by atoms with Gasteiger partial charge in [0.2, 0.25) is 0 Å². The summed E-state index contributed by atoms with van der Waals surface area (Å²) in [6.45, 7) is 1.33. The number of guanidine groups is 1. The van der Waals surface area contributed by atoms with Crippen molar-refractivity contribution >= 4 is 29.9 Å². The Labute approximate surface area is 126 Å². The first-order chi connectivity index (χ1) is 8.24. The molecule has 0 aromatic rings. The fourth-order valence-electron chi connectivity index (χ4n) is 2.54. The molecule has 1 saturated carbocycles. The average Bonchev–Trinajstić information content (AvgIpc) is 2.59. The van der Waals surface area contributed by atoms with Crippen LogP contribution in [-0.4, -0.2) is 38.0 Å². The third-order valence-corrected chi connectivity index (χ3v) is 3.53. The van der Waals surface area contributed by atoms with Crippen LogP contribution in [-0.2, 0) is 9.47 Å². The Morgan fingerprint density at radius 2 is 2.00 bits per heavy atom. The van der Waals surface area contributed by atoms with Gasteiger partial charge < -0.3 is 20.5 Å². The molecule has 6 heteroatoms. The molecule has 1 atom stereocenters. The molecule has 2 aliphatic rings. The van der Waals surface area contributed by atoms with Crippen molar-refractivity contribution in [3.63, 3.8) is 0 Å². The highest BCUT2D eigenvalue weighted by Gasteiger charge is 2.41. The SMILES string of the molecule is CN=C(N)NCC1COC2(CCCCCC2)O1.I. The van der Waals surface area contributed by atoms with Crippen LogP contribution in [0.3, 0.4) is 0 Å². The topological polar surface area (TPSA) is 68.9 Å². The van der Waals surface area contributed by atoms with Crippen molar-refractivity contribution < 1.29 is 9.47 Å². The zero-order chi connectivity index (χ0) is 12.1. The molecule has 1 saturated heterocycles. The standard InChI is InChI=1S/C12H23N3O2.HI/c1-14-11(13)15-8-10-9-16-12(17-10)6-4-2-3-5-7-12;/h10H,2-9H2,1H3,(H3,13,14,15);1H. The van der Waals surface area contributed by atoms with Gasteiger partial charge in [0.15, 0.2) is 11.7 Å². The molecule has 1 aliphatic heterocycles. The molecule has 0 aromatic heterocycles. The van der Waals surface area contributed by atoms with Crippen LogP contribution in [0.15, 0.2) is 4.99 Å². The Balaban J connectivity index is 0.00000162. The van der Waals surface area contributed by atoms with E-state index in [0.717, 1.165) is 12.8 Å². The largest absolute Gasteiger partial charge is 0.370 e. The lowest BCUT2D eigenvalue weighted by molar-refractivity contribution is -0.175. The molecule has 1 heterocycles. The van der Waals surface area contributed by atoms with Crippen molar-refractivity contribution in [2.24, 2.45) is 10.7 Å². The molecule has 106 valence electrons. The second-order valence-electron chi connectivity index (χ2n) is 4.87. The van der Waals surface area contributed by atoms with Gasteiger partial charge in [-0.05, 0) is 12.8 Å². The predicted molar refractivity (Wildman–Crippen MR) is 82.2 cm³/mol. The third kappa shape index (κ3) is 4.24. The van der Waals surface area contributed by atoms with Gasteiger partial charge in [-0.3, -0.25) is 4.99 Å². The maximum atomic E-state index is 6.07. The normalized spacial score (nSPS) is 27.6. The van der Waals surface area contributed by atoms with E-state index in [1.54, 1.807) is 7.05 Å². The van der Waals surface area contributed by atoms with Gasteiger partial charge in [0.1, 0.15) is 6.10 Å². The second kappa shape index (κ2) is 7.49. The third-order valence-electron chi connectivity index (χ3n) is 3.53. The van der Waals surface area contributed by atoms with Crippen molar-refractivity contribution in [2.45, 2.75) is 50.4 Å². The molecule has 1 unspecified atom stereocenters. The fourth-order valence-corrected chi connectivity index (χ4v) is 2.54. The molecular formula is C12H24IN3O2. The van der Waals surface area contributed by atoms with Crippen molar-refractivity contribution in [1.29, 1.82) is 0 Å². The number of nitrogens with zero attached hydrogens (tertiary/aromatic N) is 1. The van der Waals surface area contributed by atoms with Crippen molar-refractivity contribution in [1.82, 2.24) is 5.32 Å². The van der Waals surface area contributed by atoms with Crippen LogP contribution < -0.4 is 11.1 Å². The van der Waals surface area contributed by atoms with E-state index in [2.05, 4.69) is 10.3 Å². The highest BCUT2D eigenvalue weighted by molar-refractivity contribution is 14.0. The molecular weight excluding hydrogens is 345 g/mol. The first-order valence-electron chi connectivity index (χ1n) is 6.52. The molecule has 0 amide bonds. The lowest BCUT2D eigenvalue weighted by Crippen LogP contribution is -2.39. The van der Waals surface area contributed by atoms with Crippen LogP contribution in [0.2, 0.25) is 0 Å². The lowest BCUT2D eigenvalue weighted by atomic mass is 10.1. The van der Waals surface area contributed by atoms with Crippen LogP contribution in [0.5, 0.6) is 0 Å². The molecule has 1 aliphatic carbocycles. The summed E-state index contributed by atoms with van der Waals surface area (Å²) in [5, 5.41) is 3.03.